The zero-order valence-corrected chi connectivity index (χ0v) is 10.6. The number of amides is 1. The molecule has 0 aliphatic heterocycles. The van der Waals surface area contributed by atoms with Gasteiger partial charge in [-0.25, -0.2) is 0 Å². The predicted molar refractivity (Wildman–Crippen MR) is 63.8 cm³/mol. The van der Waals surface area contributed by atoms with Gasteiger partial charge in [-0.15, -0.1) is 0 Å². The lowest BCUT2D eigenvalue weighted by Crippen LogP contribution is -2.47. The summed E-state index contributed by atoms with van der Waals surface area (Å²) in [7, 11) is 0. The highest BCUT2D eigenvalue weighted by molar-refractivity contribution is 9.10. The Kier molecular flexibility index (Phi) is 3.30. The zero-order chi connectivity index (χ0) is 11.7. The maximum Gasteiger partial charge on any atom is 0.236 e. The lowest BCUT2D eigenvalue weighted by atomic mass is 10.1. The summed E-state index contributed by atoms with van der Waals surface area (Å²) in [6.07, 6.45) is 5.79. The first-order chi connectivity index (χ1) is 7.58. The van der Waals surface area contributed by atoms with E-state index in [4.69, 9.17) is 5.73 Å². The molecule has 0 spiro atoms. The maximum absolute atomic E-state index is 11.4. The van der Waals surface area contributed by atoms with Gasteiger partial charge in [0.15, 0.2) is 0 Å². The number of carbonyl (C=O) groups excluding carboxylic acids is 1. The van der Waals surface area contributed by atoms with Crippen LogP contribution < -0.4 is 11.1 Å². The van der Waals surface area contributed by atoms with Gasteiger partial charge in [0.2, 0.25) is 5.91 Å². The smallest absolute Gasteiger partial charge is 0.236 e. The number of rotatable bonds is 5. The molecule has 0 radical (unpaired) electrons. The van der Waals surface area contributed by atoms with Crippen molar-refractivity contribution in [3.05, 3.63) is 16.9 Å². The standard InChI is InChI=1S/C10H15BrN4O/c1-6(15-5-7(11)4-13-15)9(10(12)16)14-8-2-3-8/h4-6,8-9,14H,2-3H2,1H3,(H2,12,16). The molecule has 0 aromatic carbocycles. The average molecular weight is 287 g/mol. The van der Waals surface area contributed by atoms with Crippen molar-refractivity contribution in [2.45, 2.75) is 37.9 Å². The van der Waals surface area contributed by atoms with E-state index in [0.29, 0.717) is 6.04 Å². The SMILES string of the molecule is CC(C(NC1CC1)C(N)=O)n1cc(Br)cn1. The molecule has 1 saturated carbocycles. The van der Waals surface area contributed by atoms with Crippen LogP contribution in [0.15, 0.2) is 16.9 Å². The molecule has 1 amide bonds. The molecule has 0 saturated heterocycles. The molecule has 2 unspecified atom stereocenters. The third kappa shape index (κ3) is 2.62. The van der Waals surface area contributed by atoms with Crippen LogP contribution in [-0.4, -0.2) is 27.8 Å². The van der Waals surface area contributed by atoms with E-state index in [1.54, 1.807) is 10.9 Å². The van der Waals surface area contributed by atoms with Crippen molar-refractivity contribution < 1.29 is 4.79 Å². The first-order valence-electron chi connectivity index (χ1n) is 5.33. The van der Waals surface area contributed by atoms with E-state index in [-0.39, 0.29) is 18.0 Å². The minimum Gasteiger partial charge on any atom is -0.368 e. The molecule has 1 aromatic rings. The van der Waals surface area contributed by atoms with Gasteiger partial charge in [0.1, 0.15) is 6.04 Å². The van der Waals surface area contributed by atoms with Crippen LogP contribution in [0.5, 0.6) is 0 Å². The molecule has 3 N–H and O–H groups in total. The number of nitrogens with one attached hydrogen (secondary N) is 1. The Hall–Kier alpha value is -0.880. The molecule has 1 fully saturated rings. The summed E-state index contributed by atoms with van der Waals surface area (Å²) in [5.74, 6) is -0.328. The van der Waals surface area contributed by atoms with Gasteiger partial charge < -0.3 is 11.1 Å². The highest BCUT2D eigenvalue weighted by Crippen LogP contribution is 2.22. The lowest BCUT2D eigenvalue weighted by molar-refractivity contribution is -0.121. The number of aromatic nitrogens is 2. The van der Waals surface area contributed by atoms with E-state index in [9.17, 15) is 4.79 Å². The molecule has 1 aromatic heterocycles. The molecule has 1 aliphatic carbocycles. The van der Waals surface area contributed by atoms with E-state index in [1.807, 2.05) is 13.1 Å². The monoisotopic (exact) mass is 286 g/mol. The third-order valence-corrected chi connectivity index (χ3v) is 3.18. The van der Waals surface area contributed by atoms with Crippen molar-refractivity contribution in [2.24, 2.45) is 5.73 Å². The second-order valence-corrected chi connectivity index (χ2v) is 5.12. The van der Waals surface area contributed by atoms with Gasteiger partial charge >= 0.3 is 0 Å². The van der Waals surface area contributed by atoms with Gasteiger partial charge in [0.05, 0.1) is 16.7 Å². The molecule has 5 nitrogen and oxygen atoms in total. The van der Waals surface area contributed by atoms with Crippen LogP contribution in [0, 0.1) is 0 Å². The first kappa shape index (κ1) is 11.6. The molecule has 1 aliphatic rings. The van der Waals surface area contributed by atoms with Crippen molar-refractivity contribution >= 4 is 21.8 Å². The molecule has 0 bridgehead atoms. The Labute approximate surface area is 103 Å². The van der Waals surface area contributed by atoms with E-state index in [0.717, 1.165) is 17.3 Å². The van der Waals surface area contributed by atoms with Crippen LogP contribution in [-0.2, 0) is 4.79 Å². The predicted octanol–water partition coefficient (Wildman–Crippen LogP) is 0.813. The van der Waals surface area contributed by atoms with Gasteiger partial charge in [0, 0.05) is 12.2 Å². The van der Waals surface area contributed by atoms with Crippen LogP contribution in [0.4, 0.5) is 0 Å². The molecule has 2 atom stereocenters. The van der Waals surface area contributed by atoms with Crippen LogP contribution in [0.25, 0.3) is 0 Å². The Balaban J connectivity index is 2.09. The van der Waals surface area contributed by atoms with Gasteiger partial charge in [-0.05, 0) is 35.7 Å². The third-order valence-electron chi connectivity index (χ3n) is 2.77. The normalized spacial score (nSPS) is 19.4. The van der Waals surface area contributed by atoms with E-state index >= 15 is 0 Å². The Morgan fingerprint density at radius 2 is 2.44 bits per heavy atom. The van der Waals surface area contributed by atoms with Crippen LogP contribution >= 0.6 is 15.9 Å². The minimum absolute atomic E-state index is 0.0793. The van der Waals surface area contributed by atoms with E-state index in [2.05, 4.69) is 26.3 Å². The molecule has 16 heavy (non-hydrogen) atoms. The van der Waals surface area contributed by atoms with Crippen LogP contribution in [0.1, 0.15) is 25.8 Å². The molecule has 6 heteroatoms. The number of halogens is 1. The lowest BCUT2D eigenvalue weighted by Gasteiger charge is -2.22. The fourth-order valence-corrected chi connectivity index (χ4v) is 1.95. The quantitative estimate of drug-likeness (QED) is 0.842. The number of nitrogens with zero attached hydrogens (tertiary/aromatic N) is 2. The molecule has 88 valence electrons. The Bertz CT molecular complexity index is 388. The number of hydrogen-bond acceptors (Lipinski definition) is 3. The number of primary amides is 1. The van der Waals surface area contributed by atoms with E-state index < -0.39 is 0 Å². The van der Waals surface area contributed by atoms with Crippen molar-refractivity contribution in [1.29, 1.82) is 0 Å². The number of carbonyl (C=O) groups is 1. The van der Waals surface area contributed by atoms with Crippen molar-refractivity contribution in [3.63, 3.8) is 0 Å². The summed E-state index contributed by atoms with van der Waals surface area (Å²) in [5, 5.41) is 7.42. The molecular weight excluding hydrogens is 272 g/mol. The summed E-state index contributed by atoms with van der Waals surface area (Å²) in [5.41, 5.74) is 5.40. The summed E-state index contributed by atoms with van der Waals surface area (Å²) in [4.78, 5) is 11.4. The van der Waals surface area contributed by atoms with Crippen molar-refractivity contribution in [3.8, 4) is 0 Å². The minimum atomic E-state index is -0.362. The van der Waals surface area contributed by atoms with Crippen LogP contribution in [0.3, 0.4) is 0 Å². The van der Waals surface area contributed by atoms with Crippen LogP contribution in [0.2, 0.25) is 0 Å². The maximum atomic E-state index is 11.4. The van der Waals surface area contributed by atoms with Gasteiger partial charge in [-0.1, -0.05) is 0 Å². The largest absolute Gasteiger partial charge is 0.368 e. The second kappa shape index (κ2) is 4.55. The average Bonchev–Trinajstić information content (AvgIpc) is 2.95. The summed E-state index contributed by atoms with van der Waals surface area (Å²) in [6.45, 7) is 1.93. The number of hydrogen-bond donors (Lipinski definition) is 2. The molecular formula is C10H15BrN4O. The summed E-state index contributed by atoms with van der Waals surface area (Å²) >= 11 is 3.33. The van der Waals surface area contributed by atoms with Crippen molar-refractivity contribution in [2.75, 3.05) is 0 Å². The fraction of sp³-hybridized carbons (Fsp3) is 0.600. The summed E-state index contributed by atoms with van der Waals surface area (Å²) < 4.78 is 2.64. The van der Waals surface area contributed by atoms with Gasteiger partial charge in [0.25, 0.3) is 0 Å². The number of nitrogens with two attached hydrogens (primary N) is 1. The first-order valence-corrected chi connectivity index (χ1v) is 6.12. The van der Waals surface area contributed by atoms with Gasteiger partial charge in [-0.3, -0.25) is 9.48 Å². The zero-order valence-electron chi connectivity index (χ0n) is 9.06. The highest BCUT2D eigenvalue weighted by atomic mass is 79.9. The molecule has 1 heterocycles. The topological polar surface area (TPSA) is 72.9 Å². The van der Waals surface area contributed by atoms with Gasteiger partial charge in [-0.2, -0.15) is 5.10 Å². The van der Waals surface area contributed by atoms with Crippen molar-refractivity contribution in [1.82, 2.24) is 15.1 Å². The highest BCUT2D eigenvalue weighted by Gasteiger charge is 2.31. The molecule has 2 rings (SSSR count). The fourth-order valence-electron chi connectivity index (χ4n) is 1.65. The second-order valence-electron chi connectivity index (χ2n) is 4.20. The Morgan fingerprint density at radius 1 is 1.75 bits per heavy atom. The Morgan fingerprint density at radius 3 is 2.88 bits per heavy atom. The van der Waals surface area contributed by atoms with E-state index in [1.165, 1.54) is 0 Å². The summed E-state index contributed by atoms with van der Waals surface area (Å²) in [6, 6.07) is 0.00246.